The van der Waals surface area contributed by atoms with E-state index in [-0.39, 0.29) is 23.0 Å². The van der Waals surface area contributed by atoms with E-state index in [0.29, 0.717) is 18.7 Å². The molecule has 1 aromatic rings. The molecule has 4 nitrogen and oxygen atoms in total. The monoisotopic (exact) mass is 282 g/mol. The van der Waals surface area contributed by atoms with Crippen molar-refractivity contribution in [3.63, 3.8) is 0 Å². The van der Waals surface area contributed by atoms with Gasteiger partial charge < -0.3 is 15.4 Å². The van der Waals surface area contributed by atoms with E-state index < -0.39 is 11.9 Å². The van der Waals surface area contributed by atoms with E-state index in [1.165, 1.54) is 11.0 Å². The number of aryl methyl sites for hydroxylation is 1. The van der Waals surface area contributed by atoms with E-state index in [2.05, 4.69) is 0 Å². The molecule has 102 valence electrons. The Hall–Kier alpha value is -1.53. The summed E-state index contributed by atoms with van der Waals surface area (Å²) in [6.45, 7) is 2.65. The predicted molar refractivity (Wildman–Crippen MR) is 73.6 cm³/mol. The standard InChI is InChI=1S/C13H15FN2O2S/c1-8-3-2-4-9(11(8)14)13(17)16-5-6-18-10(7-16)12(15)19/h2-4,10H,5-7H2,1H3,(H2,15,19). The molecule has 2 rings (SSSR count). The highest BCUT2D eigenvalue weighted by molar-refractivity contribution is 7.80. The molecule has 1 saturated heterocycles. The van der Waals surface area contributed by atoms with Crippen LogP contribution in [0.1, 0.15) is 15.9 Å². The minimum absolute atomic E-state index is 0.0728. The Morgan fingerprint density at radius 3 is 3.00 bits per heavy atom. The molecule has 0 aromatic heterocycles. The van der Waals surface area contributed by atoms with Crippen molar-refractivity contribution in [2.24, 2.45) is 5.73 Å². The molecule has 0 bridgehead atoms. The molecule has 1 unspecified atom stereocenters. The average Bonchev–Trinajstić information content (AvgIpc) is 2.41. The van der Waals surface area contributed by atoms with E-state index in [1.54, 1.807) is 19.1 Å². The van der Waals surface area contributed by atoms with Crippen molar-refractivity contribution in [1.82, 2.24) is 4.90 Å². The fourth-order valence-electron chi connectivity index (χ4n) is 1.99. The third-order valence-corrected chi connectivity index (χ3v) is 3.36. The van der Waals surface area contributed by atoms with Crippen LogP contribution in [0, 0.1) is 12.7 Å². The number of nitrogens with two attached hydrogens (primary N) is 1. The fourth-order valence-corrected chi connectivity index (χ4v) is 2.13. The van der Waals surface area contributed by atoms with Gasteiger partial charge in [0.1, 0.15) is 16.9 Å². The molecule has 1 atom stereocenters. The first-order chi connectivity index (χ1) is 9.00. The van der Waals surface area contributed by atoms with Crippen molar-refractivity contribution >= 4 is 23.1 Å². The van der Waals surface area contributed by atoms with Gasteiger partial charge in [-0.15, -0.1) is 0 Å². The molecule has 1 aliphatic heterocycles. The molecule has 2 N–H and O–H groups in total. The van der Waals surface area contributed by atoms with Crippen molar-refractivity contribution < 1.29 is 13.9 Å². The van der Waals surface area contributed by atoms with Gasteiger partial charge in [0.05, 0.1) is 18.7 Å². The maximum atomic E-state index is 13.9. The summed E-state index contributed by atoms with van der Waals surface area (Å²) in [6, 6.07) is 4.77. The lowest BCUT2D eigenvalue weighted by atomic mass is 10.1. The molecule has 1 fully saturated rings. The van der Waals surface area contributed by atoms with Crippen LogP contribution in [0.5, 0.6) is 0 Å². The van der Waals surface area contributed by atoms with E-state index in [9.17, 15) is 9.18 Å². The highest BCUT2D eigenvalue weighted by atomic mass is 32.1. The highest BCUT2D eigenvalue weighted by Crippen LogP contribution is 2.16. The third-order valence-electron chi connectivity index (χ3n) is 3.09. The normalized spacial score (nSPS) is 19.3. The number of carbonyl (C=O) groups is 1. The van der Waals surface area contributed by atoms with Crippen LogP contribution in [0.4, 0.5) is 4.39 Å². The molecular formula is C13H15FN2O2S. The van der Waals surface area contributed by atoms with Crippen LogP contribution in [0.15, 0.2) is 18.2 Å². The Morgan fingerprint density at radius 2 is 2.32 bits per heavy atom. The van der Waals surface area contributed by atoms with Gasteiger partial charge in [-0.2, -0.15) is 0 Å². The van der Waals surface area contributed by atoms with Gasteiger partial charge in [0, 0.05) is 6.54 Å². The summed E-state index contributed by atoms with van der Waals surface area (Å²) >= 11 is 4.86. The second kappa shape index (κ2) is 5.63. The number of benzene rings is 1. The summed E-state index contributed by atoms with van der Waals surface area (Å²) in [6.07, 6.45) is -0.458. The quantitative estimate of drug-likeness (QED) is 0.830. The molecule has 6 heteroatoms. The van der Waals surface area contributed by atoms with Gasteiger partial charge >= 0.3 is 0 Å². The van der Waals surface area contributed by atoms with Crippen LogP contribution in [-0.2, 0) is 4.74 Å². The molecular weight excluding hydrogens is 267 g/mol. The van der Waals surface area contributed by atoms with Crippen molar-refractivity contribution in [1.29, 1.82) is 0 Å². The number of hydrogen-bond acceptors (Lipinski definition) is 3. The van der Waals surface area contributed by atoms with Crippen LogP contribution in [0.3, 0.4) is 0 Å². The zero-order valence-electron chi connectivity index (χ0n) is 10.6. The predicted octanol–water partition coefficient (Wildman–Crippen LogP) is 1.26. The molecule has 1 amide bonds. The van der Waals surface area contributed by atoms with E-state index in [4.69, 9.17) is 22.7 Å². The van der Waals surface area contributed by atoms with Crippen molar-refractivity contribution in [2.75, 3.05) is 19.7 Å². The first kappa shape index (κ1) is 13.9. The number of hydrogen-bond donors (Lipinski definition) is 1. The van der Waals surface area contributed by atoms with E-state index in [0.717, 1.165) is 0 Å². The van der Waals surface area contributed by atoms with Crippen LogP contribution in [0.25, 0.3) is 0 Å². The maximum Gasteiger partial charge on any atom is 0.257 e. The molecule has 0 aliphatic carbocycles. The highest BCUT2D eigenvalue weighted by Gasteiger charge is 2.28. The van der Waals surface area contributed by atoms with E-state index >= 15 is 0 Å². The number of rotatable bonds is 2. The summed E-state index contributed by atoms with van der Waals surface area (Å²) in [4.78, 5) is 14.0. The van der Waals surface area contributed by atoms with Crippen LogP contribution in [0.2, 0.25) is 0 Å². The zero-order chi connectivity index (χ0) is 14.0. The number of morpholine rings is 1. The lowest BCUT2D eigenvalue weighted by Gasteiger charge is -2.32. The first-order valence-electron chi connectivity index (χ1n) is 5.96. The van der Waals surface area contributed by atoms with Crippen LogP contribution >= 0.6 is 12.2 Å². The number of amides is 1. The summed E-state index contributed by atoms with van der Waals surface area (Å²) in [5.41, 5.74) is 6.04. The van der Waals surface area contributed by atoms with Gasteiger partial charge in [-0.3, -0.25) is 4.79 Å². The van der Waals surface area contributed by atoms with E-state index in [1.807, 2.05) is 0 Å². The Kier molecular flexibility index (Phi) is 4.11. The summed E-state index contributed by atoms with van der Waals surface area (Å²) in [5, 5.41) is 0. The zero-order valence-corrected chi connectivity index (χ0v) is 11.4. The van der Waals surface area contributed by atoms with Gasteiger partial charge in [-0.1, -0.05) is 24.4 Å². The average molecular weight is 282 g/mol. The maximum absolute atomic E-state index is 13.9. The summed E-state index contributed by atoms with van der Waals surface area (Å²) in [7, 11) is 0. The lowest BCUT2D eigenvalue weighted by molar-refractivity contribution is 0.00856. The Balaban J connectivity index is 2.19. The van der Waals surface area contributed by atoms with Gasteiger partial charge in [0.15, 0.2) is 0 Å². The van der Waals surface area contributed by atoms with Crippen LogP contribution in [-0.4, -0.2) is 41.6 Å². The Labute approximate surface area is 116 Å². The molecule has 1 aliphatic rings. The smallest absolute Gasteiger partial charge is 0.257 e. The third kappa shape index (κ3) is 2.90. The number of thiocarbonyl (C=S) groups is 1. The Morgan fingerprint density at radius 1 is 1.58 bits per heavy atom. The van der Waals surface area contributed by atoms with Gasteiger partial charge in [-0.25, -0.2) is 4.39 Å². The second-order valence-electron chi connectivity index (χ2n) is 4.45. The van der Waals surface area contributed by atoms with Crippen molar-refractivity contribution in [3.8, 4) is 0 Å². The van der Waals surface area contributed by atoms with Crippen molar-refractivity contribution in [2.45, 2.75) is 13.0 Å². The SMILES string of the molecule is Cc1cccc(C(=O)N2CCOC(C(N)=S)C2)c1F. The topological polar surface area (TPSA) is 55.6 Å². The van der Waals surface area contributed by atoms with Gasteiger partial charge in [0.2, 0.25) is 0 Å². The van der Waals surface area contributed by atoms with Gasteiger partial charge in [-0.05, 0) is 18.6 Å². The van der Waals surface area contributed by atoms with Gasteiger partial charge in [0.25, 0.3) is 5.91 Å². The Bertz CT molecular complexity index is 521. The minimum atomic E-state index is -0.481. The molecule has 0 radical (unpaired) electrons. The summed E-state index contributed by atoms with van der Waals surface area (Å²) < 4.78 is 19.3. The first-order valence-corrected chi connectivity index (χ1v) is 6.37. The van der Waals surface area contributed by atoms with Crippen molar-refractivity contribution in [3.05, 3.63) is 35.1 Å². The molecule has 0 spiro atoms. The summed E-state index contributed by atoms with van der Waals surface area (Å²) in [5.74, 6) is -0.836. The fraction of sp³-hybridized carbons (Fsp3) is 0.385. The number of nitrogens with zero attached hydrogens (tertiary/aromatic N) is 1. The molecule has 19 heavy (non-hydrogen) atoms. The molecule has 1 aromatic carbocycles. The molecule has 1 heterocycles. The number of ether oxygens (including phenoxy) is 1. The minimum Gasteiger partial charge on any atom is -0.391 e. The molecule has 0 saturated carbocycles. The number of halogens is 1. The number of carbonyl (C=O) groups excluding carboxylic acids is 1. The lowest BCUT2D eigenvalue weighted by Crippen LogP contribution is -2.50. The largest absolute Gasteiger partial charge is 0.391 e. The van der Waals surface area contributed by atoms with Crippen LogP contribution < -0.4 is 5.73 Å². The second-order valence-corrected chi connectivity index (χ2v) is 4.92.